The van der Waals surface area contributed by atoms with Gasteiger partial charge in [-0.05, 0) is 24.3 Å². The minimum Gasteiger partial charge on any atom is -0.493 e. The number of ether oxygens (including phenoxy) is 2. The van der Waals surface area contributed by atoms with Gasteiger partial charge in [0.2, 0.25) is 0 Å². The lowest BCUT2D eigenvalue weighted by atomic mass is 10.1. The van der Waals surface area contributed by atoms with Crippen LogP contribution in [0.4, 0.5) is 0 Å². The van der Waals surface area contributed by atoms with Crippen LogP contribution in [-0.4, -0.2) is 12.1 Å². The monoisotopic (exact) mass is 392 g/mol. The van der Waals surface area contributed by atoms with E-state index in [4.69, 9.17) is 55.9 Å². The molecule has 0 aliphatic carbocycles. The Balaban J connectivity index is 2.39. The molecule has 7 heteroatoms. The van der Waals surface area contributed by atoms with Gasteiger partial charge < -0.3 is 15.2 Å². The Hall–Kier alpha value is -2.26. The van der Waals surface area contributed by atoms with Crippen LogP contribution in [0.2, 0.25) is 10.0 Å². The Bertz CT molecular complexity index is 876. The Kier molecular flexibility index (Phi) is 6.65. The zero-order valence-corrected chi connectivity index (χ0v) is 15.6. The van der Waals surface area contributed by atoms with Gasteiger partial charge in [0.1, 0.15) is 17.7 Å². The summed E-state index contributed by atoms with van der Waals surface area (Å²) in [5, 5.41) is 10.2. The van der Waals surface area contributed by atoms with Gasteiger partial charge in [-0.15, -0.1) is 0 Å². The molecule has 2 N–H and O–H groups in total. The molecule has 0 aliphatic heterocycles. The van der Waals surface area contributed by atoms with Gasteiger partial charge in [-0.2, -0.15) is 5.26 Å². The van der Waals surface area contributed by atoms with Gasteiger partial charge in [0.15, 0.2) is 11.5 Å². The molecule has 0 fully saturated rings. The van der Waals surface area contributed by atoms with Gasteiger partial charge in [0.05, 0.1) is 12.7 Å². The summed E-state index contributed by atoms with van der Waals surface area (Å²) >= 11 is 17.0. The Morgan fingerprint density at radius 3 is 2.68 bits per heavy atom. The molecule has 2 aromatic rings. The number of halogens is 2. The van der Waals surface area contributed by atoms with Crippen LogP contribution in [0.5, 0.6) is 11.5 Å². The van der Waals surface area contributed by atoms with Crippen LogP contribution in [-0.2, 0) is 6.61 Å². The Morgan fingerprint density at radius 1 is 1.32 bits per heavy atom. The third-order valence-electron chi connectivity index (χ3n) is 3.30. The first kappa shape index (κ1) is 19.1. The molecule has 0 saturated carbocycles. The molecule has 0 aliphatic rings. The molecular formula is C18H14Cl2N2O2S. The zero-order chi connectivity index (χ0) is 18.4. The van der Waals surface area contributed by atoms with Gasteiger partial charge >= 0.3 is 0 Å². The topological polar surface area (TPSA) is 68.3 Å². The van der Waals surface area contributed by atoms with Crippen molar-refractivity contribution < 1.29 is 9.47 Å². The first-order valence-corrected chi connectivity index (χ1v) is 8.28. The van der Waals surface area contributed by atoms with Crippen LogP contribution in [0, 0.1) is 11.3 Å². The van der Waals surface area contributed by atoms with Gasteiger partial charge in [0.25, 0.3) is 0 Å². The lowest BCUT2D eigenvalue weighted by molar-refractivity contribution is 0.284. The van der Waals surface area contributed by atoms with E-state index in [2.05, 4.69) is 0 Å². The quantitative estimate of drug-likeness (QED) is 0.435. The normalized spacial score (nSPS) is 10.9. The highest BCUT2D eigenvalue weighted by Gasteiger charge is 2.12. The van der Waals surface area contributed by atoms with E-state index in [0.717, 1.165) is 5.56 Å². The molecule has 0 amide bonds. The third-order valence-corrected chi connectivity index (χ3v) is 4.11. The fourth-order valence-corrected chi connectivity index (χ4v) is 2.63. The van der Waals surface area contributed by atoms with E-state index >= 15 is 0 Å². The summed E-state index contributed by atoms with van der Waals surface area (Å²) in [6.07, 6.45) is 1.56. The fourth-order valence-electron chi connectivity index (χ4n) is 2.06. The Morgan fingerprint density at radius 2 is 2.08 bits per heavy atom. The maximum Gasteiger partial charge on any atom is 0.168 e. The van der Waals surface area contributed by atoms with E-state index in [9.17, 15) is 0 Å². The summed E-state index contributed by atoms with van der Waals surface area (Å²) < 4.78 is 11.2. The van der Waals surface area contributed by atoms with E-state index in [1.54, 1.807) is 42.5 Å². The highest BCUT2D eigenvalue weighted by Crippen LogP contribution is 2.34. The molecule has 25 heavy (non-hydrogen) atoms. The first-order valence-electron chi connectivity index (χ1n) is 7.11. The SMILES string of the molecule is COc1cccc(C=C(C#N)C(N)=S)c1OCc1ccc(Cl)cc1Cl. The van der Waals surface area contributed by atoms with Gasteiger partial charge in [-0.1, -0.05) is 53.6 Å². The van der Waals surface area contributed by atoms with Crippen molar-refractivity contribution in [2.45, 2.75) is 6.61 Å². The van der Waals surface area contributed by atoms with Crippen LogP contribution in [0.3, 0.4) is 0 Å². The molecule has 0 aromatic heterocycles. The molecule has 128 valence electrons. The minimum atomic E-state index is 0.0111. The molecular weight excluding hydrogens is 379 g/mol. The number of nitriles is 1. The van der Waals surface area contributed by atoms with Crippen molar-refractivity contribution in [3.8, 4) is 17.6 Å². The predicted molar refractivity (Wildman–Crippen MR) is 104 cm³/mol. The van der Waals surface area contributed by atoms with E-state index in [0.29, 0.717) is 27.1 Å². The van der Waals surface area contributed by atoms with Gasteiger partial charge in [-0.3, -0.25) is 0 Å². The van der Waals surface area contributed by atoms with Crippen molar-refractivity contribution in [2.24, 2.45) is 5.73 Å². The summed E-state index contributed by atoms with van der Waals surface area (Å²) in [4.78, 5) is 0.0111. The molecule has 0 unspecified atom stereocenters. The van der Waals surface area contributed by atoms with Crippen molar-refractivity contribution in [3.63, 3.8) is 0 Å². The summed E-state index contributed by atoms with van der Waals surface area (Å²) in [6.45, 7) is 0.201. The number of para-hydroxylation sites is 1. The van der Waals surface area contributed by atoms with Crippen LogP contribution in [0.15, 0.2) is 42.0 Å². The van der Waals surface area contributed by atoms with Gasteiger partial charge in [-0.25, -0.2) is 0 Å². The van der Waals surface area contributed by atoms with Crippen LogP contribution < -0.4 is 15.2 Å². The largest absolute Gasteiger partial charge is 0.493 e. The molecule has 0 saturated heterocycles. The second-order valence-corrected chi connectivity index (χ2v) is 6.22. The predicted octanol–water partition coefficient (Wildman–Crippen LogP) is 4.77. The maximum absolute atomic E-state index is 9.16. The van der Waals surface area contributed by atoms with Crippen molar-refractivity contribution in [1.29, 1.82) is 5.26 Å². The number of methoxy groups -OCH3 is 1. The molecule has 4 nitrogen and oxygen atoms in total. The zero-order valence-electron chi connectivity index (χ0n) is 13.3. The molecule has 2 rings (SSSR count). The lowest BCUT2D eigenvalue weighted by Crippen LogP contribution is -2.10. The standard InChI is InChI=1S/C18H14Cl2N2O2S/c1-23-16-4-2-3-11(7-13(9-21)18(22)25)17(16)24-10-12-5-6-14(19)8-15(12)20/h2-8H,10H2,1H3,(H2,22,25). The number of thiocarbonyl (C=S) groups is 1. The summed E-state index contributed by atoms with van der Waals surface area (Å²) in [7, 11) is 1.53. The van der Waals surface area contributed by atoms with Crippen molar-refractivity contribution >= 4 is 46.5 Å². The van der Waals surface area contributed by atoms with Crippen molar-refractivity contribution in [1.82, 2.24) is 0 Å². The lowest BCUT2D eigenvalue weighted by Gasteiger charge is -2.14. The van der Waals surface area contributed by atoms with Crippen LogP contribution in [0.25, 0.3) is 6.08 Å². The number of hydrogen-bond acceptors (Lipinski definition) is 4. The number of hydrogen-bond donors (Lipinski definition) is 1. The second kappa shape index (κ2) is 8.72. The molecule has 0 spiro atoms. The summed E-state index contributed by atoms with van der Waals surface area (Å²) in [5.74, 6) is 0.971. The number of rotatable bonds is 6. The second-order valence-electron chi connectivity index (χ2n) is 4.94. The average Bonchev–Trinajstić information content (AvgIpc) is 2.58. The summed E-state index contributed by atoms with van der Waals surface area (Å²) in [5.41, 5.74) is 7.12. The van der Waals surface area contributed by atoms with Crippen LogP contribution in [0.1, 0.15) is 11.1 Å². The van der Waals surface area contributed by atoms with E-state index in [1.807, 2.05) is 6.07 Å². The third kappa shape index (κ3) is 4.86. The van der Waals surface area contributed by atoms with Crippen molar-refractivity contribution in [2.75, 3.05) is 7.11 Å². The highest BCUT2D eigenvalue weighted by atomic mass is 35.5. The van der Waals surface area contributed by atoms with E-state index in [1.165, 1.54) is 7.11 Å². The molecule has 0 bridgehead atoms. The highest BCUT2D eigenvalue weighted by molar-refractivity contribution is 7.80. The van der Waals surface area contributed by atoms with Crippen LogP contribution >= 0.6 is 35.4 Å². The minimum absolute atomic E-state index is 0.0111. The summed E-state index contributed by atoms with van der Waals surface area (Å²) in [6, 6.07) is 12.4. The molecule has 0 atom stereocenters. The van der Waals surface area contributed by atoms with Crippen molar-refractivity contribution in [3.05, 3.63) is 63.1 Å². The number of nitrogens with two attached hydrogens (primary N) is 1. The van der Waals surface area contributed by atoms with E-state index < -0.39 is 0 Å². The maximum atomic E-state index is 9.16. The molecule has 0 radical (unpaired) electrons. The van der Waals surface area contributed by atoms with E-state index in [-0.39, 0.29) is 17.2 Å². The number of nitrogens with zero attached hydrogens (tertiary/aromatic N) is 1. The molecule has 2 aromatic carbocycles. The average molecular weight is 393 g/mol. The smallest absolute Gasteiger partial charge is 0.168 e. The number of benzene rings is 2. The fraction of sp³-hybridized carbons (Fsp3) is 0.111. The molecule has 0 heterocycles. The Labute approximate surface area is 161 Å². The van der Waals surface area contributed by atoms with Gasteiger partial charge in [0, 0.05) is 21.2 Å². The first-order chi connectivity index (χ1) is 12.0.